The van der Waals surface area contributed by atoms with Gasteiger partial charge in [-0.1, -0.05) is 0 Å². The summed E-state index contributed by atoms with van der Waals surface area (Å²) < 4.78 is 0. The highest BCUT2D eigenvalue weighted by Crippen LogP contribution is 1.99. The van der Waals surface area contributed by atoms with E-state index in [1.54, 1.807) is 6.34 Å². The summed E-state index contributed by atoms with van der Waals surface area (Å²) in [7, 11) is 0. The quantitative estimate of drug-likeness (QED) is 0.466. The van der Waals surface area contributed by atoms with Crippen LogP contribution in [0.1, 0.15) is 13.8 Å². The minimum absolute atomic E-state index is 0.472. The summed E-state index contributed by atoms with van der Waals surface area (Å²) in [5.74, 6) is 0. The fourth-order valence-electron chi connectivity index (χ4n) is 0.547. The molecule has 0 fully saturated rings. The van der Waals surface area contributed by atoms with Crippen molar-refractivity contribution < 1.29 is 0 Å². The van der Waals surface area contributed by atoms with Crippen molar-refractivity contribution in [3.63, 3.8) is 0 Å². The van der Waals surface area contributed by atoms with Gasteiger partial charge in [0.05, 0.1) is 12.4 Å². The normalized spacial score (nSPS) is 38.6. The van der Waals surface area contributed by atoms with Gasteiger partial charge in [-0.2, -0.15) is 0 Å². The molecule has 2 heteroatoms. The summed E-state index contributed by atoms with van der Waals surface area (Å²) in [5.41, 5.74) is 0. The van der Waals surface area contributed by atoms with Crippen molar-refractivity contribution in [3.8, 4) is 0 Å². The first-order valence-corrected chi connectivity index (χ1v) is 2.58. The number of aliphatic imine (C=N–C) groups is 1. The zero-order valence-corrected chi connectivity index (χ0v) is 4.68. The monoisotopic (exact) mass is 98.1 g/mol. The van der Waals surface area contributed by atoms with Crippen molar-refractivity contribution in [3.05, 3.63) is 0 Å². The van der Waals surface area contributed by atoms with E-state index in [9.17, 15) is 0 Å². The Kier molecular flexibility index (Phi) is 1.01. The predicted octanol–water partition coefficient (Wildman–Crippen LogP) is 0.395. The molecule has 0 spiro atoms. The fourth-order valence-corrected chi connectivity index (χ4v) is 0.547. The van der Waals surface area contributed by atoms with Crippen molar-refractivity contribution >= 4 is 6.34 Å². The molecule has 1 aliphatic heterocycles. The Hall–Kier alpha value is -0.530. The van der Waals surface area contributed by atoms with E-state index >= 15 is 0 Å². The molecule has 0 aromatic heterocycles. The van der Waals surface area contributed by atoms with Crippen LogP contribution in [0.25, 0.3) is 0 Å². The van der Waals surface area contributed by atoms with Gasteiger partial charge >= 0.3 is 0 Å². The molecular weight excluding hydrogens is 88.1 g/mol. The SMILES string of the molecule is CC1N=CN[C@@H]1C. The maximum absolute atomic E-state index is 4.08. The standard InChI is InChI=1S/C5H10N2/c1-4-5(2)7-3-6-4/h3-5H,1-2H3,(H,6,7)/t4-,5?/m1/s1. The van der Waals surface area contributed by atoms with E-state index in [2.05, 4.69) is 24.2 Å². The summed E-state index contributed by atoms with van der Waals surface area (Å²) >= 11 is 0. The third-order valence-electron chi connectivity index (χ3n) is 1.37. The summed E-state index contributed by atoms with van der Waals surface area (Å²) in [6, 6.07) is 1.01. The first-order chi connectivity index (χ1) is 3.30. The van der Waals surface area contributed by atoms with Gasteiger partial charge in [-0.05, 0) is 13.8 Å². The van der Waals surface area contributed by atoms with E-state index in [0.717, 1.165) is 0 Å². The van der Waals surface area contributed by atoms with Crippen LogP contribution < -0.4 is 5.32 Å². The molecule has 0 aromatic carbocycles. The van der Waals surface area contributed by atoms with Crippen LogP contribution in [-0.4, -0.2) is 18.4 Å². The lowest BCUT2D eigenvalue weighted by Crippen LogP contribution is -2.25. The molecule has 2 atom stereocenters. The predicted molar refractivity (Wildman–Crippen MR) is 30.6 cm³/mol. The Labute approximate surface area is 43.6 Å². The molecule has 40 valence electrons. The van der Waals surface area contributed by atoms with E-state index in [1.165, 1.54) is 0 Å². The Balaban J connectivity index is 2.45. The molecule has 0 aliphatic carbocycles. The van der Waals surface area contributed by atoms with Crippen LogP contribution in [0.5, 0.6) is 0 Å². The van der Waals surface area contributed by atoms with Gasteiger partial charge in [0.1, 0.15) is 0 Å². The molecule has 1 aliphatic rings. The van der Waals surface area contributed by atoms with Crippen LogP contribution in [0.2, 0.25) is 0 Å². The highest BCUT2D eigenvalue weighted by Gasteiger charge is 2.11. The van der Waals surface area contributed by atoms with Gasteiger partial charge in [0, 0.05) is 6.04 Å². The van der Waals surface area contributed by atoms with Crippen LogP contribution >= 0.6 is 0 Å². The highest BCUT2D eigenvalue weighted by molar-refractivity contribution is 5.57. The maximum atomic E-state index is 4.08. The van der Waals surface area contributed by atoms with Gasteiger partial charge in [-0.25, -0.2) is 0 Å². The Bertz CT molecular complexity index is 88.1. The molecular formula is C5H10N2. The second kappa shape index (κ2) is 1.52. The lowest BCUT2D eigenvalue weighted by Gasteiger charge is -2.04. The van der Waals surface area contributed by atoms with E-state index in [0.29, 0.717) is 12.1 Å². The Morgan fingerprint density at radius 1 is 1.57 bits per heavy atom. The van der Waals surface area contributed by atoms with Crippen LogP contribution in [-0.2, 0) is 0 Å². The van der Waals surface area contributed by atoms with Crippen molar-refractivity contribution in [1.29, 1.82) is 0 Å². The molecule has 1 unspecified atom stereocenters. The van der Waals surface area contributed by atoms with E-state index in [4.69, 9.17) is 0 Å². The number of rotatable bonds is 0. The second-order valence-corrected chi connectivity index (χ2v) is 1.97. The van der Waals surface area contributed by atoms with E-state index in [-0.39, 0.29) is 0 Å². The molecule has 0 saturated carbocycles. The lowest BCUT2D eigenvalue weighted by atomic mass is 10.2. The molecule has 0 amide bonds. The van der Waals surface area contributed by atoms with Crippen LogP contribution in [0, 0.1) is 0 Å². The fraction of sp³-hybridized carbons (Fsp3) is 0.800. The van der Waals surface area contributed by atoms with Crippen molar-refractivity contribution in [2.45, 2.75) is 25.9 Å². The van der Waals surface area contributed by atoms with Crippen LogP contribution in [0.3, 0.4) is 0 Å². The van der Waals surface area contributed by atoms with Crippen molar-refractivity contribution in [2.75, 3.05) is 0 Å². The zero-order valence-electron chi connectivity index (χ0n) is 4.68. The first kappa shape index (κ1) is 4.62. The number of nitrogens with one attached hydrogen (secondary N) is 1. The average Bonchev–Trinajstić information content (AvgIpc) is 1.91. The van der Waals surface area contributed by atoms with Gasteiger partial charge in [0.25, 0.3) is 0 Å². The Morgan fingerprint density at radius 2 is 2.29 bits per heavy atom. The number of nitrogens with zero attached hydrogens (tertiary/aromatic N) is 1. The second-order valence-electron chi connectivity index (χ2n) is 1.97. The van der Waals surface area contributed by atoms with Gasteiger partial charge < -0.3 is 5.32 Å². The molecule has 0 aromatic rings. The molecule has 2 nitrogen and oxygen atoms in total. The minimum atomic E-state index is 0.472. The average molecular weight is 98.1 g/mol. The lowest BCUT2D eigenvalue weighted by molar-refractivity contribution is 0.602. The molecule has 1 N–H and O–H groups in total. The van der Waals surface area contributed by atoms with E-state index < -0.39 is 0 Å². The molecule has 0 radical (unpaired) electrons. The third kappa shape index (κ3) is 0.734. The summed E-state index contributed by atoms with van der Waals surface area (Å²) in [4.78, 5) is 4.08. The van der Waals surface area contributed by atoms with Gasteiger partial charge in [-0.3, -0.25) is 4.99 Å². The topological polar surface area (TPSA) is 24.4 Å². The Morgan fingerprint density at radius 3 is 2.43 bits per heavy atom. The van der Waals surface area contributed by atoms with Crippen LogP contribution in [0.4, 0.5) is 0 Å². The minimum Gasteiger partial charge on any atom is -0.372 e. The maximum Gasteiger partial charge on any atom is 0.0830 e. The first-order valence-electron chi connectivity index (χ1n) is 2.58. The van der Waals surface area contributed by atoms with Gasteiger partial charge in [0.15, 0.2) is 0 Å². The highest BCUT2D eigenvalue weighted by atomic mass is 15.1. The third-order valence-corrected chi connectivity index (χ3v) is 1.37. The van der Waals surface area contributed by atoms with Crippen LogP contribution in [0.15, 0.2) is 4.99 Å². The number of hydrogen-bond acceptors (Lipinski definition) is 2. The van der Waals surface area contributed by atoms with Crippen molar-refractivity contribution in [1.82, 2.24) is 5.32 Å². The molecule has 1 rings (SSSR count). The van der Waals surface area contributed by atoms with Crippen molar-refractivity contribution in [2.24, 2.45) is 4.99 Å². The summed E-state index contributed by atoms with van der Waals surface area (Å²) in [6.07, 6.45) is 1.77. The summed E-state index contributed by atoms with van der Waals surface area (Å²) in [6.45, 7) is 4.22. The van der Waals surface area contributed by atoms with Gasteiger partial charge in [0.2, 0.25) is 0 Å². The smallest absolute Gasteiger partial charge is 0.0830 e. The molecule has 1 heterocycles. The summed E-state index contributed by atoms with van der Waals surface area (Å²) in [5, 5.41) is 3.08. The largest absolute Gasteiger partial charge is 0.372 e. The molecule has 0 bridgehead atoms. The van der Waals surface area contributed by atoms with Gasteiger partial charge in [-0.15, -0.1) is 0 Å². The zero-order chi connectivity index (χ0) is 5.28. The number of hydrogen-bond donors (Lipinski definition) is 1. The van der Waals surface area contributed by atoms with E-state index in [1.807, 2.05) is 0 Å². The molecule has 0 saturated heterocycles. The molecule has 7 heavy (non-hydrogen) atoms.